The molecular weight excluding hydrogens is 336 g/mol. The fourth-order valence-corrected chi connectivity index (χ4v) is 1.86. The van der Waals surface area contributed by atoms with Crippen molar-refractivity contribution in [2.45, 2.75) is 68.4 Å². The summed E-state index contributed by atoms with van der Waals surface area (Å²) in [7, 11) is 3.86. The molecule has 0 N–H and O–H groups in total. The largest absolute Gasteiger partial charge is 0.276 e. The average Bonchev–Trinajstić information content (AvgIpc) is 3.36. The van der Waals surface area contributed by atoms with Crippen LogP contribution in [0, 0.1) is 20.8 Å². The molecule has 0 aliphatic rings. The fraction of sp³-hybridized carbons (Fsp3) is 0.571. The molecular formula is C21H40N6. The van der Waals surface area contributed by atoms with Crippen molar-refractivity contribution in [2.75, 3.05) is 0 Å². The first-order valence-electron chi connectivity index (χ1n) is 9.72. The van der Waals surface area contributed by atoms with Crippen LogP contribution in [0.5, 0.6) is 0 Å². The maximum atomic E-state index is 4.13. The van der Waals surface area contributed by atoms with Gasteiger partial charge in [0.1, 0.15) is 0 Å². The molecule has 0 saturated heterocycles. The summed E-state index contributed by atoms with van der Waals surface area (Å²) in [6.45, 7) is 18.2. The van der Waals surface area contributed by atoms with Gasteiger partial charge in [0.2, 0.25) is 0 Å². The van der Waals surface area contributed by atoms with Gasteiger partial charge >= 0.3 is 0 Å². The van der Waals surface area contributed by atoms with Gasteiger partial charge in [-0.2, -0.15) is 15.3 Å². The van der Waals surface area contributed by atoms with Gasteiger partial charge in [-0.05, 0) is 52.8 Å². The van der Waals surface area contributed by atoms with E-state index in [9.17, 15) is 0 Å². The van der Waals surface area contributed by atoms with Crippen molar-refractivity contribution in [3.63, 3.8) is 0 Å². The summed E-state index contributed by atoms with van der Waals surface area (Å²) < 4.78 is 5.57. The Kier molecular flexibility index (Phi) is 15.8. The molecule has 0 saturated carbocycles. The van der Waals surface area contributed by atoms with Crippen LogP contribution in [0.15, 0.2) is 36.8 Å². The van der Waals surface area contributed by atoms with E-state index >= 15 is 0 Å². The number of nitrogens with zero attached hydrogens (tertiary/aromatic N) is 6. The quantitative estimate of drug-likeness (QED) is 0.580. The Hall–Kier alpha value is -2.37. The van der Waals surface area contributed by atoms with Crippen LogP contribution >= 0.6 is 0 Å². The number of hydrogen-bond acceptors (Lipinski definition) is 3. The van der Waals surface area contributed by atoms with Crippen molar-refractivity contribution in [3.05, 3.63) is 53.9 Å². The van der Waals surface area contributed by atoms with Gasteiger partial charge in [0.05, 0.1) is 11.4 Å². The van der Waals surface area contributed by atoms with Crippen molar-refractivity contribution in [1.29, 1.82) is 0 Å². The van der Waals surface area contributed by atoms with Crippen molar-refractivity contribution in [3.8, 4) is 0 Å². The number of hydrogen-bond donors (Lipinski definition) is 0. The minimum absolute atomic E-state index is 0.491. The zero-order valence-electron chi connectivity index (χ0n) is 19.2. The Morgan fingerprint density at radius 2 is 1.44 bits per heavy atom. The first-order chi connectivity index (χ1) is 12.8. The summed E-state index contributed by atoms with van der Waals surface area (Å²) >= 11 is 0. The molecule has 3 aromatic rings. The molecule has 3 aromatic heterocycles. The molecule has 0 unspecified atom stereocenters. The Morgan fingerprint density at radius 1 is 0.852 bits per heavy atom. The molecule has 6 nitrogen and oxygen atoms in total. The molecule has 27 heavy (non-hydrogen) atoms. The van der Waals surface area contributed by atoms with Crippen molar-refractivity contribution in [1.82, 2.24) is 29.3 Å². The molecule has 0 radical (unpaired) electrons. The second-order valence-corrected chi connectivity index (χ2v) is 5.76. The SMILES string of the molecule is CC.CC.CC(C)n1cccn1.Cc1cc(C)n(C)n1.Cc1ccn(C)n1. The predicted octanol–water partition coefficient (Wildman–Crippen LogP) is 5.28. The van der Waals surface area contributed by atoms with Crippen molar-refractivity contribution in [2.24, 2.45) is 14.1 Å². The summed E-state index contributed by atoms with van der Waals surface area (Å²) in [4.78, 5) is 0. The molecule has 0 amide bonds. The topological polar surface area (TPSA) is 53.5 Å². The van der Waals surface area contributed by atoms with Crippen LogP contribution in [0.1, 0.15) is 64.7 Å². The second kappa shape index (κ2) is 15.9. The first kappa shape index (κ1) is 26.9. The highest BCUT2D eigenvalue weighted by molar-refractivity contribution is 5.05. The van der Waals surface area contributed by atoms with Crippen molar-refractivity contribution < 1.29 is 0 Å². The number of aryl methyl sites for hydroxylation is 5. The monoisotopic (exact) mass is 376 g/mol. The molecule has 154 valence electrons. The van der Waals surface area contributed by atoms with Crippen LogP contribution < -0.4 is 0 Å². The molecule has 0 spiro atoms. The third kappa shape index (κ3) is 12.6. The number of rotatable bonds is 1. The van der Waals surface area contributed by atoms with E-state index in [0.29, 0.717) is 6.04 Å². The van der Waals surface area contributed by atoms with Gasteiger partial charge < -0.3 is 0 Å². The van der Waals surface area contributed by atoms with Crippen LogP contribution in [-0.4, -0.2) is 29.3 Å². The highest BCUT2D eigenvalue weighted by Crippen LogP contribution is 1.98. The Morgan fingerprint density at radius 3 is 1.59 bits per heavy atom. The molecule has 0 aliphatic heterocycles. The van der Waals surface area contributed by atoms with E-state index < -0.39 is 0 Å². The van der Waals surface area contributed by atoms with E-state index in [1.165, 1.54) is 5.69 Å². The first-order valence-corrected chi connectivity index (χ1v) is 9.72. The fourth-order valence-electron chi connectivity index (χ4n) is 1.86. The average molecular weight is 377 g/mol. The Balaban J connectivity index is 0. The minimum atomic E-state index is 0.491. The highest BCUT2D eigenvalue weighted by Gasteiger charge is 1.92. The third-order valence-electron chi connectivity index (χ3n) is 3.14. The summed E-state index contributed by atoms with van der Waals surface area (Å²) in [6.07, 6.45) is 5.68. The highest BCUT2D eigenvalue weighted by atomic mass is 15.3. The van der Waals surface area contributed by atoms with Crippen LogP contribution in [0.25, 0.3) is 0 Å². The molecule has 0 bridgehead atoms. The van der Waals surface area contributed by atoms with Crippen molar-refractivity contribution >= 4 is 0 Å². The van der Waals surface area contributed by atoms with E-state index in [4.69, 9.17) is 0 Å². The Labute approximate surface area is 166 Å². The van der Waals surface area contributed by atoms with E-state index in [1.54, 1.807) is 10.9 Å². The van der Waals surface area contributed by atoms with Gasteiger partial charge in [0.15, 0.2) is 0 Å². The van der Waals surface area contributed by atoms with Gasteiger partial charge in [0.25, 0.3) is 0 Å². The van der Waals surface area contributed by atoms with Gasteiger partial charge in [-0.15, -0.1) is 0 Å². The van der Waals surface area contributed by atoms with E-state index in [0.717, 1.165) is 11.4 Å². The summed E-state index contributed by atoms with van der Waals surface area (Å²) in [5, 5.41) is 12.2. The van der Waals surface area contributed by atoms with Crippen LogP contribution in [0.4, 0.5) is 0 Å². The standard InChI is InChI=1S/2C6H10N2.C5H8N2.2C2H6/c1-5-4-6(2)8(3)7-5;1-6(2)8-5-3-4-7-8;1-5-3-4-7(2)6-5;2*1-2/h4H,1-3H3;3-6H,1-2H3;3-4H,1-2H3;2*1-2H3. The molecule has 3 heterocycles. The van der Waals surface area contributed by atoms with E-state index in [-0.39, 0.29) is 0 Å². The molecule has 0 fully saturated rings. The maximum absolute atomic E-state index is 4.13. The lowest BCUT2D eigenvalue weighted by Gasteiger charge is -2.01. The normalized spacial score (nSPS) is 8.89. The van der Waals surface area contributed by atoms with Gasteiger partial charge in [0, 0.05) is 44.4 Å². The lowest BCUT2D eigenvalue weighted by atomic mass is 10.4. The number of aromatic nitrogens is 6. The Bertz CT molecular complexity index is 641. The second-order valence-electron chi connectivity index (χ2n) is 5.76. The van der Waals surface area contributed by atoms with Crippen LogP contribution in [0.3, 0.4) is 0 Å². The van der Waals surface area contributed by atoms with Gasteiger partial charge in [-0.3, -0.25) is 14.0 Å². The molecule has 0 atom stereocenters. The zero-order chi connectivity index (χ0) is 21.4. The van der Waals surface area contributed by atoms with Gasteiger partial charge in [-0.25, -0.2) is 0 Å². The lowest BCUT2D eigenvalue weighted by Crippen LogP contribution is -1.99. The predicted molar refractivity (Wildman–Crippen MR) is 116 cm³/mol. The van der Waals surface area contributed by atoms with Crippen LogP contribution in [-0.2, 0) is 14.1 Å². The molecule has 0 aliphatic carbocycles. The van der Waals surface area contributed by atoms with Gasteiger partial charge in [-0.1, -0.05) is 27.7 Å². The third-order valence-corrected chi connectivity index (χ3v) is 3.14. The molecule has 0 aromatic carbocycles. The van der Waals surface area contributed by atoms with E-state index in [2.05, 4.69) is 35.2 Å². The zero-order valence-corrected chi connectivity index (χ0v) is 19.2. The van der Waals surface area contributed by atoms with Crippen LogP contribution in [0.2, 0.25) is 0 Å². The summed E-state index contributed by atoms with van der Waals surface area (Å²) in [6, 6.07) is 6.45. The smallest absolute Gasteiger partial charge is 0.0596 e. The van der Waals surface area contributed by atoms with E-state index in [1.807, 2.05) is 96.5 Å². The molecule has 3 rings (SSSR count). The minimum Gasteiger partial charge on any atom is -0.276 e. The summed E-state index contributed by atoms with van der Waals surface area (Å²) in [5.74, 6) is 0. The maximum Gasteiger partial charge on any atom is 0.0596 e. The summed E-state index contributed by atoms with van der Waals surface area (Å²) in [5.41, 5.74) is 3.37. The molecule has 6 heteroatoms. The lowest BCUT2D eigenvalue weighted by molar-refractivity contribution is 0.532.